The molecular formula is C17H14N2O3. The molecule has 1 heterocycles. The molecule has 2 aromatic carbocycles. The number of carbonyl (C=O) groups is 1. The second-order valence-corrected chi connectivity index (χ2v) is 4.84. The first kappa shape index (κ1) is 14.0. The van der Waals surface area contributed by atoms with Gasteiger partial charge in [0.2, 0.25) is 5.89 Å². The molecule has 0 atom stereocenters. The lowest BCUT2D eigenvalue weighted by molar-refractivity contribution is 0.112. The van der Waals surface area contributed by atoms with Gasteiger partial charge in [0.15, 0.2) is 6.61 Å². The van der Waals surface area contributed by atoms with E-state index in [0.717, 1.165) is 11.8 Å². The van der Waals surface area contributed by atoms with Crippen molar-refractivity contribution in [1.82, 2.24) is 10.2 Å². The Labute approximate surface area is 127 Å². The Balaban J connectivity index is 1.66. The van der Waals surface area contributed by atoms with Crippen molar-refractivity contribution in [3.63, 3.8) is 0 Å². The van der Waals surface area contributed by atoms with Gasteiger partial charge in [0.05, 0.1) is 0 Å². The molecule has 0 unspecified atom stereocenters. The predicted molar refractivity (Wildman–Crippen MR) is 80.6 cm³/mol. The van der Waals surface area contributed by atoms with Gasteiger partial charge >= 0.3 is 0 Å². The zero-order chi connectivity index (χ0) is 15.4. The molecule has 0 aliphatic heterocycles. The molecule has 5 nitrogen and oxygen atoms in total. The molecule has 1 aromatic heterocycles. The predicted octanol–water partition coefficient (Wildman–Crippen LogP) is 3.44. The lowest BCUT2D eigenvalue weighted by Gasteiger charge is -2.02. The summed E-state index contributed by atoms with van der Waals surface area (Å²) in [5.74, 6) is 1.51. The number of hydrogen-bond acceptors (Lipinski definition) is 5. The van der Waals surface area contributed by atoms with Crippen LogP contribution in [-0.4, -0.2) is 16.5 Å². The third kappa shape index (κ3) is 3.20. The van der Waals surface area contributed by atoms with Crippen LogP contribution < -0.4 is 4.74 Å². The first-order chi connectivity index (χ1) is 10.7. The molecule has 0 radical (unpaired) electrons. The summed E-state index contributed by atoms with van der Waals surface area (Å²) in [5, 5.41) is 7.98. The fourth-order valence-corrected chi connectivity index (χ4v) is 1.91. The number of ether oxygens (including phenoxy) is 1. The lowest BCUT2D eigenvalue weighted by atomic mass is 10.1. The molecule has 0 aliphatic rings. The molecule has 22 heavy (non-hydrogen) atoms. The van der Waals surface area contributed by atoms with Crippen molar-refractivity contribution in [3.8, 4) is 17.2 Å². The van der Waals surface area contributed by atoms with E-state index >= 15 is 0 Å². The van der Waals surface area contributed by atoms with Crippen molar-refractivity contribution >= 4 is 6.29 Å². The molecule has 0 saturated heterocycles. The monoisotopic (exact) mass is 294 g/mol. The number of hydrogen-bond donors (Lipinski definition) is 0. The van der Waals surface area contributed by atoms with Gasteiger partial charge in [0.1, 0.15) is 12.0 Å². The maximum Gasteiger partial charge on any atom is 0.254 e. The molecule has 3 aromatic rings. The molecule has 3 rings (SSSR count). The number of aromatic nitrogens is 2. The maximum absolute atomic E-state index is 10.6. The number of rotatable bonds is 5. The Morgan fingerprint density at radius 2 is 1.77 bits per heavy atom. The van der Waals surface area contributed by atoms with Crippen LogP contribution in [0, 0.1) is 6.92 Å². The maximum atomic E-state index is 10.6. The van der Waals surface area contributed by atoms with Gasteiger partial charge < -0.3 is 9.15 Å². The summed E-state index contributed by atoms with van der Waals surface area (Å²) in [5.41, 5.74) is 2.65. The van der Waals surface area contributed by atoms with Crippen LogP contribution in [0.15, 0.2) is 52.9 Å². The average Bonchev–Trinajstić information content (AvgIpc) is 3.03. The quantitative estimate of drug-likeness (QED) is 0.674. The minimum atomic E-state index is 0.180. The van der Waals surface area contributed by atoms with Crippen LogP contribution in [0.1, 0.15) is 21.8 Å². The summed E-state index contributed by atoms with van der Waals surface area (Å²) in [6.07, 6.45) is 0.787. The molecule has 0 amide bonds. The lowest BCUT2D eigenvalue weighted by Crippen LogP contribution is -1.95. The molecule has 0 fully saturated rings. The zero-order valence-electron chi connectivity index (χ0n) is 12.0. The summed E-state index contributed by atoms with van der Waals surface area (Å²) in [6, 6.07) is 14.7. The van der Waals surface area contributed by atoms with Crippen LogP contribution in [0.25, 0.3) is 11.5 Å². The molecular weight excluding hydrogens is 280 g/mol. The first-order valence-electron chi connectivity index (χ1n) is 6.82. The second kappa shape index (κ2) is 6.22. The molecule has 110 valence electrons. The van der Waals surface area contributed by atoms with E-state index in [0.29, 0.717) is 23.1 Å². The van der Waals surface area contributed by atoms with Crippen LogP contribution in [-0.2, 0) is 6.61 Å². The van der Waals surface area contributed by atoms with E-state index in [-0.39, 0.29) is 6.61 Å². The Kier molecular flexibility index (Phi) is 3.96. The topological polar surface area (TPSA) is 65.2 Å². The van der Waals surface area contributed by atoms with Crippen LogP contribution >= 0.6 is 0 Å². The molecule has 0 N–H and O–H groups in total. The number of benzene rings is 2. The fourth-order valence-electron chi connectivity index (χ4n) is 1.91. The van der Waals surface area contributed by atoms with Gasteiger partial charge in [-0.15, -0.1) is 10.2 Å². The highest BCUT2D eigenvalue weighted by atomic mass is 16.5. The van der Waals surface area contributed by atoms with Gasteiger partial charge in [0.25, 0.3) is 5.89 Å². The summed E-state index contributed by atoms with van der Waals surface area (Å²) < 4.78 is 11.1. The number of aldehydes is 1. The summed E-state index contributed by atoms with van der Waals surface area (Å²) >= 11 is 0. The van der Waals surface area contributed by atoms with Crippen molar-refractivity contribution in [3.05, 3.63) is 65.5 Å². The van der Waals surface area contributed by atoms with E-state index in [4.69, 9.17) is 9.15 Å². The largest absolute Gasteiger partial charge is 0.484 e. The molecule has 0 spiro atoms. The third-order valence-electron chi connectivity index (χ3n) is 3.14. The summed E-state index contributed by atoms with van der Waals surface area (Å²) in [4.78, 5) is 10.6. The van der Waals surface area contributed by atoms with E-state index in [1.54, 1.807) is 24.3 Å². The molecule has 5 heteroatoms. The van der Waals surface area contributed by atoms with Crippen molar-refractivity contribution in [2.24, 2.45) is 0 Å². The number of carbonyl (C=O) groups excluding carboxylic acids is 1. The highest BCUT2D eigenvalue weighted by Gasteiger charge is 2.09. The van der Waals surface area contributed by atoms with Crippen molar-refractivity contribution in [2.45, 2.75) is 13.5 Å². The van der Waals surface area contributed by atoms with Gasteiger partial charge in [-0.3, -0.25) is 4.79 Å². The second-order valence-electron chi connectivity index (χ2n) is 4.84. The Bertz CT molecular complexity index is 761. The van der Waals surface area contributed by atoms with Gasteiger partial charge in [-0.2, -0.15) is 0 Å². The van der Waals surface area contributed by atoms with E-state index < -0.39 is 0 Å². The van der Waals surface area contributed by atoms with Crippen molar-refractivity contribution in [2.75, 3.05) is 0 Å². The number of nitrogens with zero attached hydrogens (tertiary/aromatic N) is 2. The van der Waals surface area contributed by atoms with E-state index in [1.807, 2.05) is 31.2 Å². The highest BCUT2D eigenvalue weighted by molar-refractivity contribution is 5.74. The molecule has 0 aliphatic carbocycles. The minimum absolute atomic E-state index is 0.180. The van der Waals surface area contributed by atoms with Gasteiger partial charge in [-0.1, -0.05) is 17.7 Å². The third-order valence-corrected chi connectivity index (χ3v) is 3.14. The highest BCUT2D eigenvalue weighted by Crippen LogP contribution is 2.19. The van der Waals surface area contributed by atoms with Crippen LogP contribution in [0.4, 0.5) is 0 Å². The standard InChI is InChI=1S/C17H14N2O3/c1-12-2-6-14(7-3-12)17-19-18-16(22-17)11-21-15-8-4-13(10-20)5-9-15/h2-10H,11H2,1H3. The van der Waals surface area contributed by atoms with Gasteiger partial charge in [-0.25, -0.2) is 0 Å². The summed E-state index contributed by atoms with van der Waals surface area (Å²) in [6.45, 7) is 2.20. The zero-order valence-corrected chi connectivity index (χ0v) is 12.0. The van der Waals surface area contributed by atoms with E-state index in [2.05, 4.69) is 10.2 Å². The first-order valence-corrected chi connectivity index (χ1v) is 6.82. The van der Waals surface area contributed by atoms with E-state index in [1.165, 1.54) is 5.56 Å². The smallest absolute Gasteiger partial charge is 0.254 e. The van der Waals surface area contributed by atoms with Crippen molar-refractivity contribution in [1.29, 1.82) is 0 Å². The SMILES string of the molecule is Cc1ccc(-c2nnc(COc3ccc(C=O)cc3)o2)cc1. The van der Waals surface area contributed by atoms with Crippen LogP contribution in [0.3, 0.4) is 0 Å². The summed E-state index contributed by atoms with van der Waals surface area (Å²) in [7, 11) is 0. The van der Waals surface area contributed by atoms with Gasteiger partial charge in [0, 0.05) is 11.1 Å². The minimum Gasteiger partial charge on any atom is -0.484 e. The fraction of sp³-hybridized carbons (Fsp3) is 0.118. The Hall–Kier alpha value is -2.95. The van der Waals surface area contributed by atoms with Gasteiger partial charge in [-0.05, 0) is 43.3 Å². The number of aryl methyl sites for hydroxylation is 1. The Morgan fingerprint density at radius 1 is 1.05 bits per heavy atom. The molecule has 0 bridgehead atoms. The normalized spacial score (nSPS) is 10.4. The van der Waals surface area contributed by atoms with Crippen molar-refractivity contribution < 1.29 is 13.9 Å². The van der Waals surface area contributed by atoms with Crippen LogP contribution in [0.5, 0.6) is 5.75 Å². The molecule has 0 saturated carbocycles. The van der Waals surface area contributed by atoms with E-state index in [9.17, 15) is 4.79 Å². The van der Waals surface area contributed by atoms with Crippen LogP contribution in [0.2, 0.25) is 0 Å². The average molecular weight is 294 g/mol. The Morgan fingerprint density at radius 3 is 2.45 bits per heavy atom.